The van der Waals surface area contributed by atoms with E-state index in [-0.39, 0.29) is 18.7 Å². The average molecular weight is 461 g/mol. The topological polar surface area (TPSA) is 171 Å². The summed E-state index contributed by atoms with van der Waals surface area (Å²) >= 11 is 0. The highest BCUT2D eigenvalue weighted by atomic mass is 31.2. The first-order valence-corrected chi connectivity index (χ1v) is 11.5. The van der Waals surface area contributed by atoms with Crippen LogP contribution in [0.2, 0.25) is 0 Å². The molecule has 0 aromatic carbocycles. The number of aryl methyl sites for hydroxylation is 1. The van der Waals surface area contributed by atoms with Crippen molar-refractivity contribution in [3.63, 3.8) is 0 Å². The SMILES string of the molecule is CCC(C)(C[C@H]1O[C@@H](n2c[n+](C)c3c(O)ncnc32)[C@H](O)[C@@H]1O)OP(=O)(O)C(C)(C)O. The lowest BCUT2D eigenvalue weighted by atomic mass is 9.93. The van der Waals surface area contributed by atoms with Crippen LogP contribution in [-0.2, 0) is 20.9 Å². The number of aromatic nitrogens is 4. The molecule has 0 bridgehead atoms. The maximum Gasteiger partial charge on any atom is 0.359 e. The summed E-state index contributed by atoms with van der Waals surface area (Å²) in [7, 11) is -2.75. The molecule has 3 heterocycles. The van der Waals surface area contributed by atoms with Crippen molar-refractivity contribution in [3.8, 4) is 5.88 Å². The fraction of sp³-hybridized carbons (Fsp3) is 0.722. The van der Waals surface area contributed by atoms with Gasteiger partial charge in [-0.25, -0.2) is 4.57 Å². The Morgan fingerprint density at radius 2 is 1.94 bits per heavy atom. The van der Waals surface area contributed by atoms with Gasteiger partial charge in [0.15, 0.2) is 5.34 Å². The van der Waals surface area contributed by atoms with Gasteiger partial charge in [0, 0.05) is 6.42 Å². The molecular formula is C18H30N4O8P+. The van der Waals surface area contributed by atoms with Gasteiger partial charge in [-0.2, -0.15) is 14.5 Å². The number of nitrogens with zero attached hydrogens (tertiary/aromatic N) is 4. The van der Waals surface area contributed by atoms with Crippen LogP contribution in [0, 0.1) is 0 Å². The third kappa shape index (κ3) is 4.34. The van der Waals surface area contributed by atoms with Gasteiger partial charge in [0.1, 0.15) is 18.5 Å². The third-order valence-corrected chi connectivity index (χ3v) is 7.78. The molecule has 2 unspecified atom stereocenters. The van der Waals surface area contributed by atoms with Gasteiger partial charge in [0.2, 0.25) is 12.6 Å². The minimum absolute atomic E-state index is 0.0234. The Hall–Kier alpha value is -1.66. The van der Waals surface area contributed by atoms with E-state index in [1.165, 1.54) is 24.7 Å². The van der Waals surface area contributed by atoms with Gasteiger partial charge < -0.3 is 34.6 Å². The number of aliphatic hydroxyl groups excluding tert-OH is 2. The summed E-state index contributed by atoms with van der Waals surface area (Å²) in [5.74, 6) is -0.242. The van der Waals surface area contributed by atoms with E-state index in [2.05, 4.69) is 9.97 Å². The number of fused-ring (bicyclic) bond motifs is 1. The van der Waals surface area contributed by atoms with E-state index < -0.39 is 43.1 Å². The number of rotatable bonds is 7. The molecule has 1 fully saturated rings. The highest BCUT2D eigenvalue weighted by Crippen LogP contribution is 2.57. The van der Waals surface area contributed by atoms with E-state index in [0.29, 0.717) is 11.2 Å². The number of hydrogen-bond acceptors (Lipinski definition) is 9. The van der Waals surface area contributed by atoms with Crippen molar-refractivity contribution in [2.45, 2.75) is 76.0 Å². The van der Waals surface area contributed by atoms with Crippen molar-refractivity contribution in [3.05, 3.63) is 12.7 Å². The summed E-state index contributed by atoms with van der Waals surface area (Å²) in [5, 5.41) is 39.3. The van der Waals surface area contributed by atoms with Crippen molar-refractivity contribution >= 4 is 18.8 Å². The molecule has 31 heavy (non-hydrogen) atoms. The molecular weight excluding hydrogens is 431 g/mol. The summed E-state index contributed by atoms with van der Waals surface area (Å²) in [5.41, 5.74) is -0.610. The van der Waals surface area contributed by atoms with Crippen molar-refractivity contribution in [2.24, 2.45) is 7.05 Å². The quantitative estimate of drug-likeness (QED) is 0.281. The normalized spacial score (nSPS) is 28.5. The predicted octanol–water partition coefficient (Wildman–Crippen LogP) is 0.0698. The first kappa shape index (κ1) is 24.0. The Labute approximate surface area is 179 Å². The first-order chi connectivity index (χ1) is 14.2. The Morgan fingerprint density at radius 3 is 2.52 bits per heavy atom. The first-order valence-electron chi connectivity index (χ1n) is 9.88. The molecule has 174 valence electrons. The van der Waals surface area contributed by atoms with Gasteiger partial charge in [0.25, 0.3) is 17.0 Å². The van der Waals surface area contributed by atoms with Gasteiger partial charge >= 0.3 is 7.60 Å². The van der Waals surface area contributed by atoms with Gasteiger partial charge in [-0.05, 0) is 27.2 Å². The molecule has 13 heteroatoms. The molecule has 0 radical (unpaired) electrons. The highest BCUT2D eigenvalue weighted by Gasteiger charge is 2.51. The number of ether oxygens (including phenoxy) is 1. The summed E-state index contributed by atoms with van der Waals surface area (Å²) < 4.78 is 26.9. The number of aliphatic hydroxyl groups is 3. The second kappa shape index (κ2) is 8.04. The monoisotopic (exact) mass is 461 g/mol. The van der Waals surface area contributed by atoms with Crippen LogP contribution in [0.25, 0.3) is 11.2 Å². The van der Waals surface area contributed by atoms with Gasteiger partial charge in [-0.3, -0.25) is 4.57 Å². The minimum atomic E-state index is -4.41. The van der Waals surface area contributed by atoms with Crippen molar-refractivity contribution in [1.82, 2.24) is 14.5 Å². The van der Waals surface area contributed by atoms with Gasteiger partial charge in [0.05, 0.1) is 18.8 Å². The zero-order valence-corrected chi connectivity index (χ0v) is 19.0. The molecule has 0 saturated carbocycles. The summed E-state index contributed by atoms with van der Waals surface area (Å²) in [6, 6.07) is 0. The molecule has 0 aliphatic carbocycles. The van der Waals surface area contributed by atoms with Crippen molar-refractivity contribution < 1.29 is 43.7 Å². The Balaban J connectivity index is 1.87. The summed E-state index contributed by atoms with van der Waals surface area (Å²) in [6.45, 7) is 5.67. The lowest BCUT2D eigenvalue weighted by Crippen LogP contribution is -2.39. The van der Waals surface area contributed by atoms with Gasteiger partial charge in [-0.1, -0.05) is 6.92 Å². The van der Waals surface area contributed by atoms with Crippen molar-refractivity contribution in [1.29, 1.82) is 0 Å². The Kier molecular flexibility index (Phi) is 6.22. The zero-order valence-electron chi connectivity index (χ0n) is 18.1. The van der Waals surface area contributed by atoms with Crippen LogP contribution in [0.15, 0.2) is 12.7 Å². The van der Waals surface area contributed by atoms with E-state index in [1.54, 1.807) is 31.8 Å². The summed E-state index contributed by atoms with van der Waals surface area (Å²) in [6.07, 6.45) is -1.66. The molecule has 3 rings (SSSR count). The molecule has 0 spiro atoms. The zero-order chi connectivity index (χ0) is 23.4. The largest absolute Gasteiger partial charge is 0.490 e. The second-order valence-electron chi connectivity index (χ2n) is 8.66. The van der Waals surface area contributed by atoms with Crippen LogP contribution in [0.5, 0.6) is 5.88 Å². The molecule has 0 amide bonds. The predicted molar refractivity (Wildman–Crippen MR) is 107 cm³/mol. The minimum Gasteiger partial charge on any atom is -0.490 e. The van der Waals surface area contributed by atoms with E-state index in [9.17, 15) is 29.9 Å². The lowest BCUT2D eigenvalue weighted by Gasteiger charge is -2.36. The van der Waals surface area contributed by atoms with Crippen LogP contribution in [0.4, 0.5) is 0 Å². The fourth-order valence-corrected chi connectivity index (χ4v) is 4.58. The van der Waals surface area contributed by atoms with Crippen LogP contribution in [0.1, 0.15) is 46.8 Å². The van der Waals surface area contributed by atoms with Crippen molar-refractivity contribution in [2.75, 3.05) is 0 Å². The van der Waals surface area contributed by atoms with Crippen LogP contribution in [-0.4, -0.2) is 69.1 Å². The van der Waals surface area contributed by atoms with E-state index >= 15 is 0 Å². The highest BCUT2D eigenvalue weighted by molar-refractivity contribution is 7.54. The third-order valence-electron chi connectivity index (χ3n) is 5.71. The van der Waals surface area contributed by atoms with E-state index in [0.717, 1.165) is 0 Å². The molecule has 2 aromatic heterocycles. The molecule has 2 aromatic rings. The Bertz CT molecular complexity index is 1010. The smallest absolute Gasteiger partial charge is 0.359 e. The molecule has 1 aliphatic heterocycles. The Morgan fingerprint density at radius 1 is 1.29 bits per heavy atom. The molecule has 12 nitrogen and oxygen atoms in total. The van der Waals surface area contributed by atoms with Crippen LogP contribution >= 0.6 is 7.60 Å². The lowest BCUT2D eigenvalue weighted by molar-refractivity contribution is -0.646. The molecule has 6 atom stereocenters. The average Bonchev–Trinajstić information content (AvgIpc) is 3.13. The number of aromatic hydroxyl groups is 1. The van der Waals surface area contributed by atoms with E-state index in [1.807, 2.05) is 0 Å². The number of hydrogen-bond donors (Lipinski definition) is 5. The molecule has 5 N–H and O–H groups in total. The van der Waals surface area contributed by atoms with Crippen LogP contribution < -0.4 is 4.57 Å². The molecule has 1 aliphatic rings. The van der Waals surface area contributed by atoms with E-state index in [4.69, 9.17) is 9.26 Å². The maximum absolute atomic E-state index is 12.5. The summed E-state index contributed by atoms with van der Waals surface area (Å²) in [4.78, 5) is 18.0. The fourth-order valence-electron chi connectivity index (χ4n) is 3.56. The van der Waals surface area contributed by atoms with Crippen LogP contribution in [0.3, 0.4) is 0 Å². The molecule has 1 saturated heterocycles. The number of imidazole rings is 1. The van der Waals surface area contributed by atoms with Gasteiger partial charge in [-0.15, -0.1) is 0 Å². The maximum atomic E-state index is 12.5. The second-order valence-corrected chi connectivity index (χ2v) is 11.0. The standard InChI is InChI=1S/C18H29N4O8P/c1-6-18(4,30-31(27,28)17(2,3)26)7-10-12(23)13(24)16(29-10)22-9-21(5)11-14(22)19-8-20-15(11)25/h8-10,12-13,16,23-24,26H,6-7H2,1-5H3,(H-,19,20,25,27,28)/p+1/t10-,12-,13-,16-,18?/m1/s1.